The number of nitrogens with two attached hydrogens (primary N) is 1. The van der Waals surface area contributed by atoms with E-state index in [9.17, 15) is 13.2 Å². The van der Waals surface area contributed by atoms with Crippen molar-refractivity contribution in [2.24, 2.45) is 11.7 Å². The molecule has 3 unspecified atom stereocenters. The molecule has 1 saturated carbocycles. The molecule has 2 N–H and O–H groups in total. The van der Waals surface area contributed by atoms with Gasteiger partial charge in [0.2, 0.25) is 5.91 Å². The van der Waals surface area contributed by atoms with Crippen molar-refractivity contribution in [2.75, 3.05) is 18.6 Å². The van der Waals surface area contributed by atoms with Gasteiger partial charge >= 0.3 is 0 Å². The Morgan fingerprint density at radius 1 is 1.29 bits per heavy atom. The SMILES string of the molecule is CN(C(=O)C1CCC(N)C1)C1CCS(=O)(=O)C1. The van der Waals surface area contributed by atoms with E-state index in [1.54, 1.807) is 11.9 Å². The van der Waals surface area contributed by atoms with E-state index in [0.29, 0.717) is 6.42 Å². The van der Waals surface area contributed by atoms with Crippen molar-refractivity contribution in [3.63, 3.8) is 0 Å². The number of hydrogen-bond acceptors (Lipinski definition) is 4. The molecule has 3 atom stereocenters. The van der Waals surface area contributed by atoms with Gasteiger partial charge in [-0.15, -0.1) is 0 Å². The molecule has 1 saturated heterocycles. The molecular weight excluding hydrogens is 240 g/mol. The number of nitrogens with zero attached hydrogens (tertiary/aromatic N) is 1. The minimum absolute atomic E-state index is 0.00157. The number of carbonyl (C=O) groups excluding carboxylic acids is 1. The van der Waals surface area contributed by atoms with Gasteiger partial charge in [0, 0.05) is 25.0 Å². The van der Waals surface area contributed by atoms with Crippen LogP contribution in [-0.2, 0) is 14.6 Å². The summed E-state index contributed by atoms with van der Waals surface area (Å²) >= 11 is 0. The van der Waals surface area contributed by atoms with Crippen LogP contribution in [0, 0.1) is 5.92 Å². The Hall–Kier alpha value is -0.620. The van der Waals surface area contributed by atoms with Crippen LogP contribution in [-0.4, -0.2) is 49.9 Å². The fourth-order valence-corrected chi connectivity index (χ4v) is 4.56. The topological polar surface area (TPSA) is 80.5 Å². The predicted octanol–water partition coefficient (Wildman–Crippen LogP) is -0.241. The average Bonchev–Trinajstić information content (AvgIpc) is 2.82. The standard InChI is InChI=1S/C11H20N2O3S/c1-13(10-4-5-17(15,16)7-10)11(14)8-2-3-9(12)6-8/h8-10H,2-7,12H2,1H3. The zero-order valence-corrected chi connectivity index (χ0v) is 10.9. The largest absolute Gasteiger partial charge is 0.341 e. The molecule has 98 valence electrons. The van der Waals surface area contributed by atoms with Gasteiger partial charge in [-0.25, -0.2) is 8.42 Å². The van der Waals surface area contributed by atoms with E-state index in [2.05, 4.69) is 0 Å². The Morgan fingerprint density at radius 3 is 2.47 bits per heavy atom. The summed E-state index contributed by atoms with van der Waals surface area (Å²) in [4.78, 5) is 13.8. The Labute approximate surface area is 102 Å². The van der Waals surface area contributed by atoms with Crippen LogP contribution in [0.4, 0.5) is 0 Å². The van der Waals surface area contributed by atoms with E-state index in [1.807, 2.05) is 0 Å². The van der Waals surface area contributed by atoms with Crippen LogP contribution in [0.15, 0.2) is 0 Å². The maximum atomic E-state index is 12.2. The molecule has 17 heavy (non-hydrogen) atoms. The normalized spacial score (nSPS) is 36.0. The highest BCUT2D eigenvalue weighted by Crippen LogP contribution is 2.27. The van der Waals surface area contributed by atoms with E-state index in [0.717, 1.165) is 19.3 Å². The van der Waals surface area contributed by atoms with E-state index in [4.69, 9.17) is 5.73 Å². The van der Waals surface area contributed by atoms with Crippen LogP contribution in [0.2, 0.25) is 0 Å². The number of amides is 1. The molecule has 0 radical (unpaired) electrons. The van der Waals surface area contributed by atoms with Gasteiger partial charge in [-0.3, -0.25) is 4.79 Å². The molecule has 2 rings (SSSR count). The van der Waals surface area contributed by atoms with Gasteiger partial charge in [0.1, 0.15) is 0 Å². The fraction of sp³-hybridized carbons (Fsp3) is 0.909. The monoisotopic (exact) mass is 260 g/mol. The molecular formula is C11H20N2O3S. The Balaban J connectivity index is 1.96. The van der Waals surface area contributed by atoms with Crippen LogP contribution >= 0.6 is 0 Å². The van der Waals surface area contributed by atoms with Crippen molar-refractivity contribution in [3.05, 3.63) is 0 Å². The molecule has 0 aromatic rings. The van der Waals surface area contributed by atoms with E-state index >= 15 is 0 Å². The van der Waals surface area contributed by atoms with Crippen LogP contribution in [0.25, 0.3) is 0 Å². The lowest BCUT2D eigenvalue weighted by Crippen LogP contribution is -2.41. The lowest BCUT2D eigenvalue weighted by molar-refractivity contribution is -0.135. The third-order valence-corrected chi connectivity index (χ3v) is 5.68. The van der Waals surface area contributed by atoms with Crippen molar-refractivity contribution >= 4 is 15.7 Å². The minimum Gasteiger partial charge on any atom is -0.341 e. The molecule has 1 aliphatic carbocycles. The molecule has 1 amide bonds. The van der Waals surface area contributed by atoms with Crippen molar-refractivity contribution in [2.45, 2.75) is 37.8 Å². The molecule has 1 aliphatic heterocycles. The molecule has 0 bridgehead atoms. The molecule has 1 heterocycles. The van der Waals surface area contributed by atoms with Crippen LogP contribution < -0.4 is 5.73 Å². The smallest absolute Gasteiger partial charge is 0.225 e. The van der Waals surface area contributed by atoms with Gasteiger partial charge in [0.25, 0.3) is 0 Å². The second-order valence-corrected chi connectivity index (χ2v) is 7.50. The van der Waals surface area contributed by atoms with Gasteiger partial charge < -0.3 is 10.6 Å². The molecule has 5 nitrogen and oxygen atoms in total. The third kappa shape index (κ3) is 2.80. The fourth-order valence-electron chi connectivity index (χ4n) is 2.79. The number of rotatable bonds is 2. The summed E-state index contributed by atoms with van der Waals surface area (Å²) in [6.07, 6.45) is 3.04. The highest BCUT2D eigenvalue weighted by atomic mass is 32.2. The third-order valence-electron chi connectivity index (χ3n) is 3.93. The second kappa shape index (κ2) is 4.57. The maximum Gasteiger partial charge on any atom is 0.225 e. The lowest BCUT2D eigenvalue weighted by atomic mass is 10.1. The summed E-state index contributed by atoms with van der Waals surface area (Å²) in [5, 5.41) is 0. The predicted molar refractivity (Wildman–Crippen MR) is 65.1 cm³/mol. The maximum absolute atomic E-state index is 12.2. The first-order chi connectivity index (χ1) is 7.89. The second-order valence-electron chi connectivity index (χ2n) is 5.28. The molecule has 0 spiro atoms. The number of carbonyl (C=O) groups is 1. The van der Waals surface area contributed by atoms with Gasteiger partial charge in [0.05, 0.1) is 11.5 Å². The molecule has 6 heteroatoms. The van der Waals surface area contributed by atoms with E-state index in [-0.39, 0.29) is 35.4 Å². The summed E-state index contributed by atoms with van der Waals surface area (Å²) in [6.45, 7) is 0. The summed E-state index contributed by atoms with van der Waals surface area (Å²) in [5.41, 5.74) is 5.79. The van der Waals surface area contributed by atoms with Crippen LogP contribution in [0.3, 0.4) is 0 Å². The van der Waals surface area contributed by atoms with Gasteiger partial charge in [-0.05, 0) is 25.7 Å². The highest BCUT2D eigenvalue weighted by molar-refractivity contribution is 7.91. The molecule has 2 fully saturated rings. The first-order valence-electron chi connectivity index (χ1n) is 6.12. The van der Waals surface area contributed by atoms with Gasteiger partial charge in [0.15, 0.2) is 9.84 Å². The van der Waals surface area contributed by atoms with Gasteiger partial charge in [-0.1, -0.05) is 0 Å². The first-order valence-corrected chi connectivity index (χ1v) is 7.94. The van der Waals surface area contributed by atoms with Crippen LogP contribution in [0.1, 0.15) is 25.7 Å². The lowest BCUT2D eigenvalue weighted by Gasteiger charge is -2.26. The van der Waals surface area contributed by atoms with Crippen molar-refractivity contribution in [1.82, 2.24) is 4.90 Å². The van der Waals surface area contributed by atoms with Crippen LogP contribution in [0.5, 0.6) is 0 Å². The summed E-state index contributed by atoms with van der Waals surface area (Å²) in [6, 6.07) is -0.00557. The average molecular weight is 260 g/mol. The first kappa shape index (κ1) is 12.8. The summed E-state index contributed by atoms with van der Waals surface area (Å²) in [7, 11) is -1.21. The quantitative estimate of drug-likeness (QED) is 0.743. The number of sulfone groups is 1. The Morgan fingerprint density at radius 2 is 2.00 bits per heavy atom. The van der Waals surface area contributed by atoms with Crippen molar-refractivity contribution in [1.29, 1.82) is 0 Å². The Bertz CT molecular complexity index is 407. The Kier molecular flexibility index (Phi) is 3.45. The van der Waals surface area contributed by atoms with E-state index < -0.39 is 9.84 Å². The van der Waals surface area contributed by atoms with Gasteiger partial charge in [-0.2, -0.15) is 0 Å². The summed E-state index contributed by atoms with van der Waals surface area (Å²) < 4.78 is 22.8. The highest BCUT2D eigenvalue weighted by Gasteiger charge is 2.36. The molecule has 0 aromatic carbocycles. The molecule has 2 aliphatic rings. The van der Waals surface area contributed by atoms with Crippen molar-refractivity contribution in [3.8, 4) is 0 Å². The number of hydrogen-bond donors (Lipinski definition) is 1. The summed E-state index contributed by atoms with van der Waals surface area (Å²) in [5.74, 6) is 0.395. The minimum atomic E-state index is -2.93. The zero-order valence-electron chi connectivity index (χ0n) is 10.1. The van der Waals surface area contributed by atoms with Crippen molar-refractivity contribution < 1.29 is 13.2 Å². The zero-order chi connectivity index (χ0) is 12.6. The van der Waals surface area contributed by atoms with E-state index in [1.165, 1.54) is 0 Å². The molecule has 0 aromatic heterocycles.